The molecule has 1 aliphatic rings. The molecule has 7 heteroatoms. The Bertz CT molecular complexity index is 296. The third kappa shape index (κ3) is 3.33. The first kappa shape index (κ1) is 12.1. The van der Waals surface area contributed by atoms with Crippen molar-refractivity contribution in [3.63, 3.8) is 0 Å². The number of rotatable bonds is 4. The van der Waals surface area contributed by atoms with E-state index in [0.717, 1.165) is 0 Å². The molecule has 0 radical (unpaired) electrons. The van der Waals surface area contributed by atoms with Crippen molar-refractivity contribution in [3.8, 4) is 0 Å². The van der Waals surface area contributed by atoms with Gasteiger partial charge in [0.05, 0.1) is 11.9 Å². The molecule has 1 aliphatic carbocycles. The Morgan fingerprint density at radius 3 is 2.36 bits per heavy atom. The lowest BCUT2D eigenvalue weighted by molar-refractivity contribution is -0.142. The largest absolute Gasteiger partial charge is 0.380 e. The fourth-order valence-corrected chi connectivity index (χ4v) is 2.74. The minimum atomic E-state index is -3.69. The first-order valence-electron chi connectivity index (χ1n) is 4.06. The van der Waals surface area contributed by atoms with Gasteiger partial charge in [-0.2, -0.15) is 0 Å². The molecule has 0 aromatic heterocycles. The zero-order chi connectivity index (χ0) is 11.0. The van der Waals surface area contributed by atoms with Crippen LogP contribution in [0.2, 0.25) is 0 Å². The summed E-state index contributed by atoms with van der Waals surface area (Å²) >= 11 is 0. The molecule has 1 saturated carbocycles. The van der Waals surface area contributed by atoms with Crippen LogP contribution in [0, 0.1) is 5.92 Å². The SMILES string of the molecule is COC(CS(=O)(=O)Cl)C1CC(F)(F)C1. The molecule has 1 unspecified atom stereocenters. The number of alkyl halides is 2. The highest BCUT2D eigenvalue weighted by atomic mass is 35.7. The predicted octanol–water partition coefficient (Wildman–Crippen LogP) is 1.62. The summed E-state index contributed by atoms with van der Waals surface area (Å²) in [5, 5.41) is 0. The summed E-state index contributed by atoms with van der Waals surface area (Å²) in [7, 11) is 2.61. The van der Waals surface area contributed by atoms with Crippen LogP contribution in [0.15, 0.2) is 0 Å². The van der Waals surface area contributed by atoms with Crippen LogP contribution in [0.25, 0.3) is 0 Å². The summed E-state index contributed by atoms with van der Waals surface area (Å²) in [4.78, 5) is 0. The molecule has 0 spiro atoms. The van der Waals surface area contributed by atoms with Gasteiger partial charge < -0.3 is 4.74 Å². The van der Waals surface area contributed by atoms with Gasteiger partial charge in [0.1, 0.15) is 0 Å². The fraction of sp³-hybridized carbons (Fsp3) is 1.00. The maximum absolute atomic E-state index is 12.5. The number of methoxy groups -OCH3 is 1. The molecule has 3 nitrogen and oxygen atoms in total. The molecule has 1 rings (SSSR count). The van der Waals surface area contributed by atoms with Gasteiger partial charge in [-0.25, -0.2) is 17.2 Å². The van der Waals surface area contributed by atoms with Crippen molar-refractivity contribution in [1.29, 1.82) is 0 Å². The minimum Gasteiger partial charge on any atom is -0.380 e. The van der Waals surface area contributed by atoms with Crippen molar-refractivity contribution in [3.05, 3.63) is 0 Å². The van der Waals surface area contributed by atoms with Gasteiger partial charge in [-0.05, 0) is 5.92 Å². The first-order chi connectivity index (χ1) is 6.23. The molecule has 0 aliphatic heterocycles. The molecule has 0 N–H and O–H groups in total. The van der Waals surface area contributed by atoms with E-state index in [-0.39, 0.29) is 12.8 Å². The van der Waals surface area contributed by atoms with Crippen molar-refractivity contribution < 1.29 is 21.9 Å². The van der Waals surface area contributed by atoms with Crippen molar-refractivity contribution in [2.75, 3.05) is 12.9 Å². The van der Waals surface area contributed by atoms with E-state index in [1.54, 1.807) is 0 Å². The molecule has 0 aromatic carbocycles. The number of hydrogen-bond acceptors (Lipinski definition) is 3. The van der Waals surface area contributed by atoms with Crippen molar-refractivity contribution in [2.45, 2.75) is 24.9 Å². The third-order valence-electron chi connectivity index (χ3n) is 2.31. The van der Waals surface area contributed by atoms with Crippen LogP contribution in [-0.4, -0.2) is 33.3 Å². The van der Waals surface area contributed by atoms with Crippen LogP contribution in [0.4, 0.5) is 8.78 Å². The Hall–Kier alpha value is 0.0600. The lowest BCUT2D eigenvalue weighted by atomic mass is 9.78. The van der Waals surface area contributed by atoms with Gasteiger partial charge in [0.2, 0.25) is 15.0 Å². The van der Waals surface area contributed by atoms with E-state index >= 15 is 0 Å². The zero-order valence-electron chi connectivity index (χ0n) is 7.54. The van der Waals surface area contributed by atoms with E-state index in [9.17, 15) is 17.2 Å². The van der Waals surface area contributed by atoms with Crippen LogP contribution in [-0.2, 0) is 13.8 Å². The summed E-state index contributed by atoms with van der Waals surface area (Å²) in [5.74, 6) is -3.49. The number of ether oxygens (including phenoxy) is 1. The lowest BCUT2D eigenvalue weighted by Gasteiger charge is -2.38. The van der Waals surface area contributed by atoms with Crippen molar-refractivity contribution in [2.24, 2.45) is 5.92 Å². The Balaban J connectivity index is 2.50. The second kappa shape index (κ2) is 3.90. The van der Waals surface area contributed by atoms with Crippen LogP contribution in [0.1, 0.15) is 12.8 Å². The highest BCUT2D eigenvalue weighted by Crippen LogP contribution is 2.45. The van der Waals surface area contributed by atoms with Crippen LogP contribution in [0.5, 0.6) is 0 Å². The van der Waals surface area contributed by atoms with E-state index in [2.05, 4.69) is 0 Å². The third-order valence-corrected chi connectivity index (χ3v) is 3.42. The standard InChI is InChI=1S/C7H11ClF2O3S/c1-13-6(4-14(8,11)12)5-2-7(9,10)3-5/h5-6H,2-4H2,1H3. The van der Waals surface area contributed by atoms with Gasteiger partial charge in [0, 0.05) is 30.6 Å². The molecule has 1 fully saturated rings. The molecule has 0 heterocycles. The van der Waals surface area contributed by atoms with Gasteiger partial charge in [0.15, 0.2) is 0 Å². The maximum Gasteiger partial charge on any atom is 0.248 e. The second-order valence-corrected chi connectivity index (χ2v) is 6.33. The molecule has 14 heavy (non-hydrogen) atoms. The van der Waals surface area contributed by atoms with E-state index < -0.39 is 32.7 Å². The molecule has 84 valence electrons. The predicted molar refractivity (Wildman–Crippen MR) is 48.1 cm³/mol. The van der Waals surface area contributed by atoms with E-state index in [0.29, 0.717) is 0 Å². The second-order valence-electron chi connectivity index (χ2n) is 3.50. The zero-order valence-corrected chi connectivity index (χ0v) is 9.12. The quantitative estimate of drug-likeness (QED) is 0.710. The van der Waals surface area contributed by atoms with Crippen molar-refractivity contribution in [1.82, 2.24) is 0 Å². The molecular weight excluding hydrogens is 238 g/mol. The van der Waals surface area contributed by atoms with Gasteiger partial charge in [-0.15, -0.1) is 0 Å². The molecule has 0 saturated heterocycles. The monoisotopic (exact) mass is 248 g/mol. The van der Waals surface area contributed by atoms with Gasteiger partial charge in [-0.3, -0.25) is 0 Å². The molecule has 0 bridgehead atoms. The van der Waals surface area contributed by atoms with Gasteiger partial charge in [0.25, 0.3) is 0 Å². The smallest absolute Gasteiger partial charge is 0.248 e. The number of halogens is 3. The summed E-state index contributed by atoms with van der Waals surface area (Å²) in [6.45, 7) is 0. The first-order valence-corrected chi connectivity index (χ1v) is 6.54. The summed E-state index contributed by atoms with van der Waals surface area (Å²) in [6, 6.07) is 0. The molecule has 1 atom stereocenters. The minimum absolute atomic E-state index is 0.322. The normalized spacial score (nSPS) is 24.3. The maximum atomic E-state index is 12.5. The lowest BCUT2D eigenvalue weighted by Crippen LogP contribution is -2.44. The molecular formula is C7H11ClF2O3S. The topological polar surface area (TPSA) is 43.4 Å². The Kier molecular flexibility index (Phi) is 3.38. The van der Waals surface area contributed by atoms with Crippen LogP contribution in [0.3, 0.4) is 0 Å². The van der Waals surface area contributed by atoms with Gasteiger partial charge in [-0.1, -0.05) is 0 Å². The van der Waals surface area contributed by atoms with E-state index in [4.69, 9.17) is 15.4 Å². The van der Waals surface area contributed by atoms with E-state index in [1.807, 2.05) is 0 Å². The van der Waals surface area contributed by atoms with Crippen LogP contribution < -0.4 is 0 Å². The molecule has 0 aromatic rings. The Morgan fingerprint density at radius 2 is 2.07 bits per heavy atom. The Morgan fingerprint density at radius 1 is 1.57 bits per heavy atom. The Labute approximate surface area is 85.8 Å². The highest BCUT2D eigenvalue weighted by Gasteiger charge is 2.49. The average molecular weight is 249 g/mol. The van der Waals surface area contributed by atoms with E-state index in [1.165, 1.54) is 7.11 Å². The van der Waals surface area contributed by atoms with Crippen molar-refractivity contribution >= 4 is 19.7 Å². The van der Waals surface area contributed by atoms with Crippen LogP contribution >= 0.6 is 10.7 Å². The highest BCUT2D eigenvalue weighted by molar-refractivity contribution is 8.13. The summed E-state index contributed by atoms with van der Waals surface area (Å²) in [6.07, 6.45) is -1.37. The molecule has 0 amide bonds. The summed E-state index contributed by atoms with van der Waals surface area (Å²) in [5.41, 5.74) is 0. The average Bonchev–Trinajstić information content (AvgIpc) is 1.93. The summed E-state index contributed by atoms with van der Waals surface area (Å²) < 4.78 is 51.2. The fourth-order valence-electron chi connectivity index (χ4n) is 1.56. The number of hydrogen-bond donors (Lipinski definition) is 0. The van der Waals surface area contributed by atoms with Gasteiger partial charge >= 0.3 is 0 Å².